The highest BCUT2D eigenvalue weighted by molar-refractivity contribution is 7.09. The van der Waals surface area contributed by atoms with Crippen molar-refractivity contribution in [1.29, 1.82) is 0 Å². The van der Waals surface area contributed by atoms with Gasteiger partial charge < -0.3 is 4.90 Å². The normalized spacial score (nSPS) is 19.2. The molecule has 1 aliphatic heterocycles. The van der Waals surface area contributed by atoms with Gasteiger partial charge >= 0.3 is 0 Å². The topological polar surface area (TPSA) is 67.2 Å². The third-order valence-electron chi connectivity index (χ3n) is 4.43. The molecule has 0 unspecified atom stereocenters. The molecule has 0 spiro atoms. The molecular weight excluding hydrogens is 312 g/mol. The first kappa shape index (κ1) is 14.8. The zero-order chi connectivity index (χ0) is 15.6. The van der Waals surface area contributed by atoms with Crippen LogP contribution in [0.5, 0.6) is 0 Å². The predicted molar refractivity (Wildman–Crippen MR) is 89.0 cm³/mol. The van der Waals surface area contributed by atoms with E-state index >= 15 is 0 Å². The van der Waals surface area contributed by atoms with Crippen molar-refractivity contribution >= 4 is 16.7 Å². The molecule has 1 saturated heterocycles. The fraction of sp³-hybridized carbons (Fsp3) is 0.600. The molecule has 2 aromatic heterocycles. The number of anilines is 1. The Kier molecular flexibility index (Phi) is 4.09. The fourth-order valence-corrected chi connectivity index (χ4v) is 3.61. The zero-order valence-electron chi connectivity index (χ0n) is 13.0. The van der Waals surface area contributed by atoms with E-state index in [1.807, 2.05) is 0 Å². The number of aromatic nitrogens is 4. The lowest BCUT2D eigenvalue weighted by Crippen LogP contribution is -2.47. The molecule has 0 bridgehead atoms. The maximum Gasteiger partial charge on any atom is 0.266 e. The van der Waals surface area contributed by atoms with Crippen LogP contribution in [0.3, 0.4) is 0 Å². The first-order valence-electron chi connectivity index (χ1n) is 8.12. The molecule has 0 N–H and O–H groups in total. The molecule has 0 atom stereocenters. The van der Waals surface area contributed by atoms with Gasteiger partial charge in [-0.3, -0.25) is 9.69 Å². The van der Waals surface area contributed by atoms with Crippen molar-refractivity contribution in [3.8, 4) is 0 Å². The first-order valence-corrected chi connectivity index (χ1v) is 8.90. The van der Waals surface area contributed by atoms with Crippen LogP contribution in [0.4, 0.5) is 5.13 Å². The Morgan fingerprint density at radius 1 is 1.17 bits per heavy atom. The Labute approximate surface area is 138 Å². The van der Waals surface area contributed by atoms with Gasteiger partial charge in [0.1, 0.15) is 5.82 Å². The minimum atomic E-state index is -0.0346. The van der Waals surface area contributed by atoms with Crippen molar-refractivity contribution in [1.82, 2.24) is 24.0 Å². The van der Waals surface area contributed by atoms with Crippen molar-refractivity contribution in [2.75, 3.05) is 37.6 Å². The summed E-state index contributed by atoms with van der Waals surface area (Å²) in [6, 6.07) is 3.23. The summed E-state index contributed by atoms with van der Waals surface area (Å²) in [5, 5.41) is 5.16. The minimum Gasteiger partial charge on any atom is -0.344 e. The molecular formula is C15H20N6OS. The van der Waals surface area contributed by atoms with Crippen LogP contribution in [-0.4, -0.2) is 56.8 Å². The summed E-state index contributed by atoms with van der Waals surface area (Å²) in [5.41, 5.74) is -0.0346. The molecule has 4 rings (SSSR count). The Bertz CT molecular complexity index is 717. The highest BCUT2D eigenvalue weighted by Crippen LogP contribution is 2.39. The second kappa shape index (κ2) is 6.37. The minimum absolute atomic E-state index is 0.0346. The molecule has 2 aromatic rings. The Hall–Kier alpha value is -1.80. The molecule has 8 heteroatoms. The van der Waals surface area contributed by atoms with Crippen molar-refractivity contribution in [3.63, 3.8) is 0 Å². The smallest absolute Gasteiger partial charge is 0.266 e. The summed E-state index contributed by atoms with van der Waals surface area (Å²) < 4.78 is 6.01. The molecule has 23 heavy (non-hydrogen) atoms. The van der Waals surface area contributed by atoms with Crippen molar-refractivity contribution in [2.45, 2.75) is 25.3 Å². The van der Waals surface area contributed by atoms with Crippen LogP contribution in [0.25, 0.3) is 0 Å². The lowest BCUT2D eigenvalue weighted by Gasteiger charge is -2.34. The van der Waals surface area contributed by atoms with Crippen molar-refractivity contribution in [3.05, 3.63) is 34.5 Å². The second-order valence-corrected chi connectivity index (χ2v) is 6.85. The van der Waals surface area contributed by atoms with E-state index in [9.17, 15) is 4.79 Å². The van der Waals surface area contributed by atoms with Gasteiger partial charge in [0.25, 0.3) is 5.56 Å². The van der Waals surface area contributed by atoms with Crippen molar-refractivity contribution < 1.29 is 0 Å². The van der Waals surface area contributed by atoms with E-state index in [1.165, 1.54) is 29.1 Å². The van der Waals surface area contributed by atoms with E-state index < -0.39 is 0 Å². The number of nitrogens with zero attached hydrogens (tertiary/aromatic N) is 6. The van der Waals surface area contributed by atoms with E-state index in [-0.39, 0.29) is 5.56 Å². The van der Waals surface area contributed by atoms with Gasteiger partial charge in [0, 0.05) is 62.4 Å². The molecule has 122 valence electrons. The van der Waals surface area contributed by atoms with Gasteiger partial charge in [-0.25, -0.2) is 9.67 Å². The average Bonchev–Trinajstić information content (AvgIpc) is 3.32. The maximum absolute atomic E-state index is 11.7. The maximum atomic E-state index is 11.7. The molecule has 2 fully saturated rings. The predicted octanol–water partition coefficient (Wildman–Crippen LogP) is 0.794. The van der Waals surface area contributed by atoms with Crippen LogP contribution in [0, 0.1) is 0 Å². The van der Waals surface area contributed by atoms with E-state index in [0.717, 1.165) is 43.7 Å². The van der Waals surface area contributed by atoms with Crippen LogP contribution in [0.2, 0.25) is 0 Å². The molecule has 2 aliphatic rings. The van der Waals surface area contributed by atoms with Gasteiger partial charge in [-0.1, -0.05) is 0 Å². The number of hydrogen-bond acceptors (Lipinski definition) is 7. The molecule has 1 saturated carbocycles. The standard InChI is InChI=1S/C15H20N6OS/c22-13-2-1-5-16-21(13)11-8-19-6-9-20(10-7-19)15-17-14(18-23-15)12-3-4-12/h1-2,5,12H,3-4,6-11H2. The van der Waals surface area contributed by atoms with Crippen molar-refractivity contribution in [2.24, 2.45) is 0 Å². The van der Waals surface area contributed by atoms with Crippen LogP contribution >= 0.6 is 11.5 Å². The third-order valence-corrected chi connectivity index (χ3v) is 5.22. The molecule has 0 aromatic carbocycles. The quantitative estimate of drug-likeness (QED) is 0.807. The zero-order valence-corrected chi connectivity index (χ0v) is 13.8. The summed E-state index contributed by atoms with van der Waals surface area (Å²) >= 11 is 1.53. The van der Waals surface area contributed by atoms with Gasteiger partial charge in [-0.05, 0) is 18.9 Å². The fourth-order valence-electron chi connectivity index (χ4n) is 2.82. The highest BCUT2D eigenvalue weighted by atomic mass is 32.1. The number of rotatable bonds is 5. The van der Waals surface area contributed by atoms with Gasteiger partial charge in [-0.2, -0.15) is 9.47 Å². The van der Waals surface area contributed by atoms with Crippen LogP contribution < -0.4 is 10.5 Å². The SMILES string of the molecule is O=c1cccnn1CCN1CCN(c2nc(C3CC3)ns2)CC1. The molecule has 3 heterocycles. The molecule has 7 nitrogen and oxygen atoms in total. The van der Waals surface area contributed by atoms with E-state index in [1.54, 1.807) is 18.3 Å². The monoisotopic (exact) mass is 332 g/mol. The van der Waals surface area contributed by atoms with Crippen LogP contribution in [-0.2, 0) is 6.54 Å². The summed E-state index contributed by atoms with van der Waals surface area (Å²) in [5.74, 6) is 1.67. The molecule has 0 radical (unpaired) electrons. The lowest BCUT2D eigenvalue weighted by atomic mass is 10.3. The average molecular weight is 332 g/mol. The van der Waals surface area contributed by atoms with Gasteiger partial charge in [0.2, 0.25) is 5.13 Å². The summed E-state index contributed by atoms with van der Waals surface area (Å²) in [6.07, 6.45) is 4.15. The Morgan fingerprint density at radius 2 is 2.00 bits per heavy atom. The third kappa shape index (κ3) is 3.42. The largest absolute Gasteiger partial charge is 0.344 e. The van der Waals surface area contributed by atoms with E-state index in [2.05, 4.69) is 24.3 Å². The van der Waals surface area contributed by atoms with Gasteiger partial charge in [-0.15, -0.1) is 0 Å². The molecule has 1 aliphatic carbocycles. The van der Waals surface area contributed by atoms with Gasteiger partial charge in [0.15, 0.2) is 0 Å². The van der Waals surface area contributed by atoms with Gasteiger partial charge in [0.05, 0.1) is 6.54 Å². The summed E-state index contributed by atoms with van der Waals surface area (Å²) in [6.45, 7) is 5.41. The van der Waals surface area contributed by atoms with E-state index in [0.29, 0.717) is 12.5 Å². The number of piperazine rings is 1. The second-order valence-electron chi connectivity index (χ2n) is 6.12. The Morgan fingerprint density at radius 3 is 2.74 bits per heavy atom. The Balaban J connectivity index is 1.28. The highest BCUT2D eigenvalue weighted by Gasteiger charge is 2.29. The van der Waals surface area contributed by atoms with E-state index in [4.69, 9.17) is 0 Å². The number of hydrogen-bond donors (Lipinski definition) is 0. The summed E-state index contributed by atoms with van der Waals surface area (Å²) in [4.78, 5) is 21.0. The van der Waals surface area contributed by atoms with Crippen LogP contribution in [0.15, 0.2) is 23.1 Å². The lowest BCUT2D eigenvalue weighted by molar-refractivity contribution is 0.242. The first-order chi connectivity index (χ1) is 11.3. The van der Waals surface area contributed by atoms with Crippen LogP contribution in [0.1, 0.15) is 24.6 Å². The summed E-state index contributed by atoms with van der Waals surface area (Å²) in [7, 11) is 0. The molecule has 0 amide bonds.